The molecule has 0 saturated heterocycles. The van der Waals surface area contributed by atoms with Gasteiger partial charge in [-0.3, -0.25) is 30.0 Å². The summed E-state index contributed by atoms with van der Waals surface area (Å²) in [5, 5.41) is 21.9. The largest absolute Gasteiger partial charge is 0.490 e. The molecule has 0 spiro atoms. The zero-order chi connectivity index (χ0) is 17.9. The van der Waals surface area contributed by atoms with Gasteiger partial charge in [-0.25, -0.2) is 4.79 Å². The monoisotopic (exact) mass is 334 g/mol. The zero-order valence-corrected chi connectivity index (χ0v) is 12.1. The van der Waals surface area contributed by atoms with Crippen molar-refractivity contribution >= 4 is 23.5 Å². The Morgan fingerprint density at radius 1 is 1.08 bits per heavy atom. The lowest BCUT2D eigenvalue weighted by Gasteiger charge is -2.02. The number of hydrogen-bond acceptors (Lipinski definition) is 7. The summed E-state index contributed by atoms with van der Waals surface area (Å²) in [6, 6.07) is 4.01. The first kappa shape index (κ1) is 16.6. The van der Waals surface area contributed by atoms with Gasteiger partial charge in [-0.1, -0.05) is 12.1 Å². The molecular formula is C13H10N4O7. The number of nitrogens with zero attached hydrogens (tertiary/aromatic N) is 2. The van der Waals surface area contributed by atoms with Gasteiger partial charge < -0.3 is 9.72 Å². The Bertz CT molecular complexity index is 958. The van der Waals surface area contributed by atoms with Gasteiger partial charge in [0.15, 0.2) is 5.75 Å². The molecule has 124 valence electrons. The van der Waals surface area contributed by atoms with Gasteiger partial charge >= 0.3 is 22.6 Å². The Morgan fingerprint density at radius 3 is 2.38 bits per heavy atom. The second-order valence-electron chi connectivity index (χ2n) is 4.45. The fraction of sp³-hybridized carbons (Fsp3) is 0.0769. The van der Waals surface area contributed by atoms with Crippen LogP contribution in [0.15, 0.2) is 27.8 Å². The van der Waals surface area contributed by atoms with E-state index in [4.69, 9.17) is 4.74 Å². The van der Waals surface area contributed by atoms with E-state index in [0.717, 1.165) is 6.08 Å². The van der Waals surface area contributed by atoms with Gasteiger partial charge in [0.05, 0.1) is 17.0 Å². The Balaban J connectivity index is 2.51. The minimum absolute atomic E-state index is 0.0488. The van der Waals surface area contributed by atoms with Gasteiger partial charge in [0.1, 0.15) is 5.69 Å². The molecular weight excluding hydrogens is 324 g/mol. The van der Waals surface area contributed by atoms with Gasteiger partial charge in [0.25, 0.3) is 0 Å². The minimum atomic E-state index is -1.15. The predicted octanol–water partition coefficient (Wildman–Crippen LogP) is 1.06. The Kier molecular flexibility index (Phi) is 4.54. The Labute approximate surface area is 132 Å². The van der Waals surface area contributed by atoms with Crippen molar-refractivity contribution in [1.29, 1.82) is 0 Å². The van der Waals surface area contributed by atoms with Crippen LogP contribution in [0, 0.1) is 20.2 Å². The van der Waals surface area contributed by atoms with E-state index in [2.05, 4.69) is 4.98 Å². The molecule has 0 aliphatic carbocycles. The summed E-state index contributed by atoms with van der Waals surface area (Å²) in [6.45, 7) is 0. The molecule has 0 fully saturated rings. The summed E-state index contributed by atoms with van der Waals surface area (Å²) < 4.78 is 4.86. The number of aromatic amines is 2. The van der Waals surface area contributed by atoms with E-state index in [-0.39, 0.29) is 17.1 Å². The van der Waals surface area contributed by atoms with Crippen molar-refractivity contribution in [3.8, 4) is 5.75 Å². The van der Waals surface area contributed by atoms with Crippen LogP contribution in [0.25, 0.3) is 12.2 Å². The average Bonchev–Trinajstić information content (AvgIpc) is 2.51. The summed E-state index contributed by atoms with van der Waals surface area (Å²) in [5.74, 6) is 0.0488. The highest BCUT2D eigenvalue weighted by molar-refractivity contribution is 5.73. The Hall–Kier alpha value is -3.76. The molecule has 1 aromatic carbocycles. The highest BCUT2D eigenvalue weighted by Gasteiger charge is 2.19. The number of aromatic nitrogens is 2. The van der Waals surface area contributed by atoms with Crippen LogP contribution in [-0.2, 0) is 0 Å². The number of rotatable bonds is 5. The minimum Gasteiger partial charge on any atom is -0.490 e. The average molecular weight is 334 g/mol. The summed E-state index contributed by atoms with van der Waals surface area (Å²) in [5.41, 5.74) is -3.21. The van der Waals surface area contributed by atoms with Crippen LogP contribution in [0.1, 0.15) is 11.3 Å². The maximum absolute atomic E-state index is 11.5. The molecule has 0 amide bonds. The summed E-state index contributed by atoms with van der Waals surface area (Å²) >= 11 is 0. The molecule has 1 heterocycles. The van der Waals surface area contributed by atoms with Crippen LogP contribution in [0.4, 0.5) is 11.4 Å². The summed E-state index contributed by atoms with van der Waals surface area (Å²) in [4.78, 5) is 46.9. The standard InChI is InChI=1S/C13H10N4O7/c1-24-10-5-3-7(6-9(10)16(20)21)2-4-8-11(17(22)23)12(18)15-13(19)14-8/h2-6H,1H3,(H2,14,15,18,19)/b4-2+. The van der Waals surface area contributed by atoms with Crippen LogP contribution in [0.2, 0.25) is 0 Å². The number of methoxy groups -OCH3 is 1. The number of nitrogens with one attached hydrogen (secondary N) is 2. The Morgan fingerprint density at radius 2 is 1.79 bits per heavy atom. The van der Waals surface area contributed by atoms with E-state index in [0.29, 0.717) is 5.56 Å². The second-order valence-corrected chi connectivity index (χ2v) is 4.45. The van der Waals surface area contributed by atoms with Crippen LogP contribution in [0.5, 0.6) is 5.75 Å². The highest BCUT2D eigenvalue weighted by atomic mass is 16.6. The van der Waals surface area contributed by atoms with Crippen LogP contribution >= 0.6 is 0 Å². The smallest absolute Gasteiger partial charge is 0.357 e. The first-order valence-corrected chi connectivity index (χ1v) is 6.35. The van der Waals surface area contributed by atoms with Gasteiger partial charge in [0, 0.05) is 6.07 Å². The van der Waals surface area contributed by atoms with Crippen molar-refractivity contribution in [2.75, 3.05) is 7.11 Å². The van der Waals surface area contributed by atoms with Gasteiger partial charge in [-0.05, 0) is 17.7 Å². The van der Waals surface area contributed by atoms with Gasteiger partial charge in [-0.2, -0.15) is 0 Å². The molecule has 2 N–H and O–H groups in total. The third-order valence-corrected chi connectivity index (χ3v) is 2.97. The van der Waals surface area contributed by atoms with Gasteiger partial charge in [0.2, 0.25) is 0 Å². The van der Waals surface area contributed by atoms with Crippen LogP contribution in [-0.4, -0.2) is 26.9 Å². The van der Waals surface area contributed by atoms with Crippen LogP contribution in [0.3, 0.4) is 0 Å². The molecule has 0 aliphatic heterocycles. The number of H-pyrrole nitrogens is 2. The molecule has 11 nitrogen and oxygen atoms in total. The zero-order valence-electron chi connectivity index (χ0n) is 12.1. The number of nitro groups is 2. The van der Waals surface area contributed by atoms with Crippen LogP contribution < -0.4 is 16.0 Å². The lowest BCUT2D eigenvalue weighted by Crippen LogP contribution is -2.25. The maximum Gasteiger partial charge on any atom is 0.357 e. The molecule has 2 aromatic rings. The number of hydrogen-bond donors (Lipinski definition) is 2. The highest BCUT2D eigenvalue weighted by Crippen LogP contribution is 2.28. The third-order valence-electron chi connectivity index (χ3n) is 2.97. The van der Waals surface area contributed by atoms with E-state index in [1.54, 1.807) is 4.98 Å². The quantitative estimate of drug-likeness (QED) is 0.610. The van der Waals surface area contributed by atoms with E-state index < -0.39 is 26.8 Å². The fourth-order valence-electron chi connectivity index (χ4n) is 1.93. The number of benzene rings is 1. The first-order valence-electron chi connectivity index (χ1n) is 6.35. The SMILES string of the molecule is COc1ccc(/C=C/c2[nH]c(=O)[nH]c(=O)c2[N+](=O)[O-])cc1[N+](=O)[O-]. The third kappa shape index (κ3) is 3.35. The molecule has 1 aromatic heterocycles. The van der Waals surface area contributed by atoms with Crippen molar-refractivity contribution < 1.29 is 14.6 Å². The molecule has 0 atom stereocenters. The summed E-state index contributed by atoms with van der Waals surface area (Å²) in [7, 11) is 1.28. The molecule has 0 aliphatic rings. The van der Waals surface area contributed by atoms with E-state index in [1.165, 1.54) is 31.4 Å². The number of ether oxygens (including phenoxy) is 1. The fourth-order valence-corrected chi connectivity index (χ4v) is 1.93. The van der Waals surface area contributed by atoms with E-state index in [9.17, 15) is 29.8 Å². The molecule has 0 saturated carbocycles. The molecule has 24 heavy (non-hydrogen) atoms. The summed E-state index contributed by atoms with van der Waals surface area (Å²) in [6.07, 6.45) is 2.39. The van der Waals surface area contributed by atoms with Crippen molar-refractivity contribution in [3.63, 3.8) is 0 Å². The molecule has 0 radical (unpaired) electrons. The van der Waals surface area contributed by atoms with Crippen molar-refractivity contribution in [1.82, 2.24) is 9.97 Å². The van der Waals surface area contributed by atoms with Crippen molar-refractivity contribution in [3.05, 3.63) is 70.5 Å². The second kappa shape index (κ2) is 6.56. The lowest BCUT2D eigenvalue weighted by atomic mass is 10.1. The van der Waals surface area contributed by atoms with Crippen molar-refractivity contribution in [2.45, 2.75) is 0 Å². The topological polar surface area (TPSA) is 161 Å². The lowest BCUT2D eigenvalue weighted by molar-refractivity contribution is -0.386. The normalized spacial score (nSPS) is 10.7. The molecule has 0 bridgehead atoms. The first-order chi connectivity index (χ1) is 11.3. The molecule has 0 unspecified atom stereocenters. The number of nitro benzene ring substituents is 1. The van der Waals surface area contributed by atoms with Gasteiger partial charge in [-0.15, -0.1) is 0 Å². The molecule has 11 heteroatoms. The van der Waals surface area contributed by atoms with E-state index >= 15 is 0 Å². The van der Waals surface area contributed by atoms with Crippen molar-refractivity contribution in [2.24, 2.45) is 0 Å². The maximum atomic E-state index is 11.5. The molecule has 2 rings (SSSR count). The predicted molar refractivity (Wildman–Crippen MR) is 82.9 cm³/mol. The van der Waals surface area contributed by atoms with E-state index in [1.807, 2.05) is 0 Å².